The average molecular weight is 1120 g/mol. The van der Waals surface area contributed by atoms with E-state index in [4.69, 9.17) is 5.11 Å². The standard InChI is InChI=1S/C11H20O.C10H18O2.CH4.I3.I2.HI/c1-3-4-5-6-7-8-9-10-11(2)12;1-2-3-4-5-6-7-8-9-10(11)12;;1-3-2;1-2;/h9-10H,3-8H2,1-2H3;8-9H,2-7H2,1H3,(H,11,12);1H4;;;1H/q;;;-1;;/b10-9+;9-8+;;;;. The number of halogens is 6. The van der Waals surface area contributed by atoms with Crippen LogP contribution in [0.1, 0.15) is 105 Å². The second kappa shape index (κ2) is 50.0. The van der Waals surface area contributed by atoms with E-state index in [1.165, 1.54) is 63.9 Å². The van der Waals surface area contributed by atoms with E-state index in [1.807, 2.05) is 6.08 Å². The van der Waals surface area contributed by atoms with Crippen molar-refractivity contribution in [2.24, 2.45) is 0 Å². The van der Waals surface area contributed by atoms with E-state index < -0.39 is 5.97 Å². The molecule has 3 nitrogen and oxygen atoms in total. The summed E-state index contributed by atoms with van der Waals surface area (Å²) in [6, 6.07) is 0. The number of carbonyl (C=O) groups is 2. The molecule has 0 spiro atoms. The number of ketones is 1. The first-order valence-electron chi connectivity index (χ1n) is 10.0. The summed E-state index contributed by atoms with van der Waals surface area (Å²) in [5.41, 5.74) is 0. The van der Waals surface area contributed by atoms with Crippen LogP contribution in [0.15, 0.2) is 24.3 Å². The summed E-state index contributed by atoms with van der Waals surface area (Å²) in [6.07, 6.45) is 21.2. The van der Waals surface area contributed by atoms with Gasteiger partial charge in [-0.05, 0) is 38.7 Å². The molecule has 0 aromatic rings. The zero-order valence-electron chi connectivity index (χ0n) is 18.4. The van der Waals surface area contributed by atoms with Crippen LogP contribution in [0.3, 0.4) is 0 Å². The fourth-order valence-electron chi connectivity index (χ4n) is 2.16. The molecule has 0 bridgehead atoms. The Morgan fingerprint density at radius 3 is 1.39 bits per heavy atom. The fourth-order valence-corrected chi connectivity index (χ4v) is 2.16. The van der Waals surface area contributed by atoms with Gasteiger partial charge in [0.25, 0.3) is 0 Å². The minimum atomic E-state index is -0.844. The number of rotatable bonds is 14. The number of carboxylic acids is 1. The molecule has 0 heterocycles. The summed E-state index contributed by atoms with van der Waals surface area (Å²) >= 11 is 9.54. The Labute approximate surface area is 263 Å². The van der Waals surface area contributed by atoms with Crippen molar-refractivity contribution in [2.75, 3.05) is 0 Å². The van der Waals surface area contributed by atoms with Crippen LogP contribution in [0, 0.1) is 0 Å². The molecule has 0 unspecified atom stereocenters. The van der Waals surface area contributed by atoms with Crippen LogP contribution >= 0.6 is 98.4 Å². The van der Waals surface area contributed by atoms with Gasteiger partial charge in [0.1, 0.15) is 0 Å². The van der Waals surface area contributed by atoms with E-state index in [1.54, 1.807) is 19.1 Å². The van der Waals surface area contributed by atoms with E-state index in [2.05, 4.69) is 88.3 Å². The summed E-state index contributed by atoms with van der Waals surface area (Å²) < 4.78 is 0. The molecule has 0 aliphatic heterocycles. The van der Waals surface area contributed by atoms with E-state index in [0.717, 1.165) is 19.3 Å². The van der Waals surface area contributed by atoms with Crippen LogP contribution in [-0.2, 0) is 9.59 Å². The molecule has 0 aromatic heterocycles. The minimum absolute atomic E-state index is 0. The van der Waals surface area contributed by atoms with Crippen molar-refractivity contribution in [1.29, 1.82) is 0 Å². The number of allylic oxidation sites excluding steroid dienone is 3. The average Bonchev–Trinajstić information content (AvgIpc) is 2.69. The number of hydrogen-bond donors (Lipinski definition) is 1. The van der Waals surface area contributed by atoms with Gasteiger partial charge in [-0.2, -0.15) is 0 Å². The molecule has 0 aliphatic carbocycles. The molecule has 0 aromatic carbocycles. The third-order valence-electron chi connectivity index (χ3n) is 3.56. The molecular weight excluding hydrogens is 1070 g/mol. The van der Waals surface area contributed by atoms with Gasteiger partial charge in [0.05, 0.1) is 0 Å². The van der Waals surface area contributed by atoms with Crippen LogP contribution in [0.4, 0.5) is 0 Å². The van der Waals surface area contributed by atoms with Gasteiger partial charge in [0.2, 0.25) is 0 Å². The predicted octanol–water partition coefficient (Wildman–Crippen LogP) is 8.28. The topological polar surface area (TPSA) is 54.4 Å². The molecule has 0 amide bonds. The zero-order valence-corrected chi connectivity index (χ0v) is 31.5. The van der Waals surface area contributed by atoms with Crippen molar-refractivity contribution in [1.82, 2.24) is 0 Å². The summed E-state index contributed by atoms with van der Waals surface area (Å²) in [7, 11) is 0. The Bertz CT molecular complexity index is 344. The molecule has 0 saturated heterocycles. The van der Waals surface area contributed by atoms with Gasteiger partial charge in [-0.25, -0.2) is 4.79 Å². The van der Waals surface area contributed by atoms with Gasteiger partial charge in [0, 0.05) is 43.3 Å². The number of carbonyl (C=O) groups excluding carboxylic acids is 1. The fraction of sp³-hybridized carbons (Fsp3) is 0.727. The molecular formula is C22H43I6O3-. The van der Waals surface area contributed by atoms with Gasteiger partial charge < -0.3 is 5.11 Å². The van der Waals surface area contributed by atoms with Crippen molar-refractivity contribution in [3.63, 3.8) is 0 Å². The number of carboxylic acid groups (broad SMARTS) is 1. The van der Waals surface area contributed by atoms with Crippen molar-refractivity contribution < 1.29 is 28.0 Å². The second-order valence-corrected chi connectivity index (χ2v) is 22.5. The molecule has 0 rings (SSSR count). The Morgan fingerprint density at radius 2 is 1.10 bits per heavy atom. The Kier molecular flexibility index (Phi) is 76.2. The predicted molar refractivity (Wildman–Crippen MR) is 182 cm³/mol. The normalized spacial score (nSPS) is 9.26. The van der Waals surface area contributed by atoms with Gasteiger partial charge >= 0.3 is 56.5 Å². The van der Waals surface area contributed by atoms with Gasteiger partial charge in [-0.15, -0.1) is 24.0 Å². The Balaban J connectivity index is -0.0000000790. The Hall–Kier alpha value is 3.00. The van der Waals surface area contributed by atoms with Crippen LogP contribution in [0.25, 0.3) is 0 Å². The molecule has 0 atom stereocenters. The maximum atomic E-state index is 10.5. The van der Waals surface area contributed by atoms with Crippen molar-refractivity contribution in [2.45, 2.75) is 105 Å². The zero-order chi connectivity index (χ0) is 23.2. The van der Waals surface area contributed by atoms with Gasteiger partial charge in [-0.1, -0.05) is 84.8 Å². The molecule has 0 radical (unpaired) electrons. The first-order valence-corrected chi connectivity index (χ1v) is 28.9. The number of aliphatic carboxylic acids is 1. The van der Waals surface area contributed by atoms with Gasteiger partial charge in [0.15, 0.2) is 5.78 Å². The van der Waals surface area contributed by atoms with Crippen molar-refractivity contribution >= 4 is 110 Å². The van der Waals surface area contributed by atoms with Crippen LogP contribution in [-0.4, -0.2) is 16.9 Å². The molecule has 31 heavy (non-hydrogen) atoms. The molecule has 0 fully saturated rings. The maximum absolute atomic E-state index is 10.5. The molecule has 9 heteroatoms. The molecule has 0 saturated carbocycles. The van der Waals surface area contributed by atoms with Gasteiger partial charge in [-0.3, -0.25) is 4.79 Å². The first kappa shape index (κ1) is 47.2. The van der Waals surface area contributed by atoms with Crippen LogP contribution in [0.5, 0.6) is 0 Å². The third kappa shape index (κ3) is 71.9. The molecule has 1 N–H and O–H groups in total. The number of hydrogen-bond acceptors (Lipinski definition) is 2. The Morgan fingerprint density at radius 1 is 0.774 bits per heavy atom. The van der Waals surface area contributed by atoms with E-state index in [9.17, 15) is 9.59 Å². The van der Waals surface area contributed by atoms with Crippen molar-refractivity contribution in [3.05, 3.63) is 24.3 Å². The van der Waals surface area contributed by atoms with E-state index in [0.29, 0.717) is 13.3 Å². The summed E-state index contributed by atoms with van der Waals surface area (Å²) in [5.74, 6) is -0.688. The summed E-state index contributed by atoms with van der Waals surface area (Å²) in [5, 5.41) is 8.27. The molecule has 192 valence electrons. The quantitative estimate of drug-likeness (QED) is 0.108. The molecule has 0 aliphatic rings. The third-order valence-corrected chi connectivity index (χ3v) is 3.56. The van der Waals surface area contributed by atoms with Crippen LogP contribution < -0.4 is 13.3 Å². The number of unbranched alkanes of at least 4 members (excludes halogenated alkanes) is 10. The summed E-state index contributed by atoms with van der Waals surface area (Å²) in [6.45, 7) is 5.99. The SMILES string of the molecule is C.CCCCCCC/C=C/C(=O)O.CCCCCCC/C=C/C(C)=O.I.II.I[I-]I. The first-order chi connectivity index (χ1) is 14.0. The monoisotopic (exact) mass is 1120 g/mol. The second-order valence-electron chi connectivity index (χ2n) is 6.21. The van der Waals surface area contributed by atoms with Crippen LogP contribution in [0.2, 0.25) is 0 Å². The van der Waals surface area contributed by atoms with E-state index >= 15 is 0 Å². The van der Waals surface area contributed by atoms with E-state index in [-0.39, 0.29) is 37.2 Å². The summed E-state index contributed by atoms with van der Waals surface area (Å²) in [4.78, 5) is 20.5. The van der Waals surface area contributed by atoms with Crippen molar-refractivity contribution in [3.8, 4) is 0 Å².